The molecule has 1 aromatic heterocycles. The lowest BCUT2D eigenvalue weighted by atomic mass is 10.1. The second-order valence-electron chi connectivity index (χ2n) is 5.81. The van der Waals surface area contributed by atoms with Crippen LogP contribution in [-0.2, 0) is 6.54 Å². The molecule has 0 unspecified atom stereocenters. The summed E-state index contributed by atoms with van der Waals surface area (Å²) in [6.07, 6.45) is 0. The van der Waals surface area contributed by atoms with Crippen LogP contribution in [-0.4, -0.2) is 28.5 Å². The van der Waals surface area contributed by atoms with E-state index in [2.05, 4.69) is 15.6 Å². The Labute approximate surface area is 155 Å². The van der Waals surface area contributed by atoms with E-state index in [1.165, 1.54) is 0 Å². The zero-order chi connectivity index (χ0) is 18.1. The largest absolute Gasteiger partial charge is 0.497 e. The third-order valence-electron chi connectivity index (χ3n) is 4.17. The van der Waals surface area contributed by atoms with E-state index in [0.29, 0.717) is 23.0 Å². The first-order chi connectivity index (χ1) is 12.6. The fourth-order valence-corrected chi connectivity index (χ4v) is 2.90. The molecule has 0 bridgehead atoms. The number of hydrazone groups is 1. The van der Waals surface area contributed by atoms with Crippen molar-refractivity contribution < 1.29 is 9.53 Å². The zero-order valence-electron chi connectivity index (χ0n) is 13.9. The van der Waals surface area contributed by atoms with Crippen molar-refractivity contribution in [3.05, 3.63) is 70.9 Å². The van der Waals surface area contributed by atoms with Gasteiger partial charge in [0.25, 0.3) is 5.91 Å². The summed E-state index contributed by atoms with van der Waals surface area (Å²) in [5.41, 5.74) is 6.25. The fourth-order valence-electron chi connectivity index (χ4n) is 2.77. The Bertz CT molecular complexity index is 991. The van der Waals surface area contributed by atoms with Crippen LogP contribution in [0.3, 0.4) is 0 Å². The highest BCUT2D eigenvalue weighted by Crippen LogP contribution is 2.23. The molecule has 1 aliphatic heterocycles. The number of amides is 1. The van der Waals surface area contributed by atoms with Gasteiger partial charge in [0.1, 0.15) is 11.4 Å². The van der Waals surface area contributed by atoms with Gasteiger partial charge in [-0.2, -0.15) is 10.2 Å². The molecule has 26 heavy (non-hydrogen) atoms. The average molecular weight is 367 g/mol. The van der Waals surface area contributed by atoms with E-state index >= 15 is 0 Å². The standard InChI is InChI=1S/C19H15ClN4O2/c1-26-15-8-4-12(5-9-15)16-10-18-19(25)22-21-17(11-24(18)23-16)13-2-6-14(20)7-3-13/h2-10H,11H2,1H3,(H,22,25). The molecule has 3 aromatic rings. The van der Waals surface area contributed by atoms with Gasteiger partial charge in [-0.3, -0.25) is 9.48 Å². The quantitative estimate of drug-likeness (QED) is 0.772. The normalized spacial score (nSPS) is 13.5. The van der Waals surface area contributed by atoms with E-state index in [4.69, 9.17) is 16.3 Å². The number of rotatable bonds is 3. The monoisotopic (exact) mass is 366 g/mol. The summed E-state index contributed by atoms with van der Waals surface area (Å²) in [6, 6.07) is 16.6. The molecule has 130 valence electrons. The van der Waals surface area contributed by atoms with E-state index < -0.39 is 0 Å². The van der Waals surface area contributed by atoms with E-state index in [0.717, 1.165) is 22.6 Å². The number of carbonyl (C=O) groups is 1. The van der Waals surface area contributed by atoms with Crippen molar-refractivity contribution in [1.82, 2.24) is 15.2 Å². The van der Waals surface area contributed by atoms with Gasteiger partial charge in [-0.1, -0.05) is 23.7 Å². The zero-order valence-corrected chi connectivity index (χ0v) is 14.7. The second-order valence-corrected chi connectivity index (χ2v) is 6.24. The topological polar surface area (TPSA) is 68.5 Å². The number of hydrogen-bond acceptors (Lipinski definition) is 4. The molecule has 0 saturated heterocycles. The van der Waals surface area contributed by atoms with Gasteiger partial charge < -0.3 is 4.74 Å². The van der Waals surface area contributed by atoms with Crippen molar-refractivity contribution in [1.29, 1.82) is 0 Å². The first-order valence-corrected chi connectivity index (χ1v) is 8.37. The summed E-state index contributed by atoms with van der Waals surface area (Å²) >= 11 is 5.94. The summed E-state index contributed by atoms with van der Waals surface area (Å²) in [5.74, 6) is 0.477. The van der Waals surface area contributed by atoms with Crippen molar-refractivity contribution in [3.63, 3.8) is 0 Å². The van der Waals surface area contributed by atoms with Gasteiger partial charge >= 0.3 is 0 Å². The summed E-state index contributed by atoms with van der Waals surface area (Å²) in [7, 11) is 1.62. The van der Waals surface area contributed by atoms with Crippen molar-refractivity contribution >= 4 is 23.2 Å². The minimum absolute atomic E-state index is 0.291. The number of aromatic nitrogens is 2. The van der Waals surface area contributed by atoms with Crippen molar-refractivity contribution in [2.45, 2.75) is 6.54 Å². The molecule has 1 aliphatic rings. The highest BCUT2D eigenvalue weighted by atomic mass is 35.5. The number of carbonyl (C=O) groups excluding carboxylic acids is 1. The average Bonchev–Trinajstić information content (AvgIpc) is 3.03. The maximum atomic E-state index is 12.4. The van der Waals surface area contributed by atoms with Gasteiger partial charge in [0.15, 0.2) is 0 Å². The number of fused-ring (bicyclic) bond motifs is 1. The Morgan fingerprint density at radius 3 is 2.46 bits per heavy atom. The number of ether oxygens (including phenoxy) is 1. The van der Waals surface area contributed by atoms with Crippen LogP contribution in [0, 0.1) is 0 Å². The maximum Gasteiger partial charge on any atom is 0.289 e. The summed E-state index contributed by atoms with van der Waals surface area (Å²) < 4.78 is 6.84. The lowest BCUT2D eigenvalue weighted by molar-refractivity contribution is 0.0947. The van der Waals surface area contributed by atoms with Crippen LogP contribution in [0.2, 0.25) is 5.02 Å². The van der Waals surface area contributed by atoms with Crippen molar-refractivity contribution in [3.8, 4) is 17.0 Å². The molecule has 0 saturated carbocycles. The summed E-state index contributed by atoms with van der Waals surface area (Å²) in [5, 5.41) is 9.45. The molecular formula is C19H15ClN4O2. The second kappa shape index (κ2) is 6.65. The van der Waals surface area contributed by atoms with E-state index in [1.807, 2.05) is 36.4 Å². The Morgan fingerprint density at radius 1 is 1.08 bits per heavy atom. The van der Waals surface area contributed by atoms with Crippen LogP contribution in [0.1, 0.15) is 16.1 Å². The van der Waals surface area contributed by atoms with E-state index in [9.17, 15) is 4.79 Å². The molecule has 4 rings (SSSR count). The Hall–Kier alpha value is -3.12. The molecule has 6 nitrogen and oxygen atoms in total. The number of hydrogen-bond donors (Lipinski definition) is 1. The van der Waals surface area contributed by atoms with Crippen molar-refractivity contribution in [2.24, 2.45) is 5.10 Å². The smallest absolute Gasteiger partial charge is 0.289 e. The van der Waals surface area contributed by atoms with Gasteiger partial charge in [0.05, 0.1) is 25.1 Å². The molecule has 0 aliphatic carbocycles. The molecule has 1 N–H and O–H groups in total. The number of methoxy groups -OCH3 is 1. The Balaban J connectivity index is 1.69. The van der Waals surface area contributed by atoms with Gasteiger partial charge in [-0.15, -0.1) is 0 Å². The summed E-state index contributed by atoms with van der Waals surface area (Å²) in [4.78, 5) is 12.4. The minimum Gasteiger partial charge on any atom is -0.497 e. The molecule has 7 heteroatoms. The highest BCUT2D eigenvalue weighted by Gasteiger charge is 2.21. The van der Waals surface area contributed by atoms with Gasteiger partial charge in [-0.25, -0.2) is 5.43 Å². The van der Waals surface area contributed by atoms with Crippen LogP contribution in [0.5, 0.6) is 5.75 Å². The number of nitrogens with zero attached hydrogens (tertiary/aromatic N) is 3. The molecule has 0 atom stereocenters. The molecule has 0 spiro atoms. The fraction of sp³-hybridized carbons (Fsp3) is 0.105. The van der Waals surface area contributed by atoms with Gasteiger partial charge in [-0.05, 0) is 48.0 Å². The molecule has 0 fully saturated rings. The van der Waals surface area contributed by atoms with Crippen molar-refractivity contribution in [2.75, 3.05) is 7.11 Å². The molecular weight excluding hydrogens is 352 g/mol. The first kappa shape index (κ1) is 16.4. The number of nitrogens with one attached hydrogen (secondary N) is 1. The van der Waals surface area contributed by atoms with E-state index in [1.54, 1.807) is 30.0 Å². The lowest BCUT2D eigenvalue weighted by Crippen LogP contribution is -2.18. The van der Waals surface area contributed by atoms with Crippen LogP contribution in [0.25, 0.3) is 11.3 Å². The van der Waals surface area contributed by atoms with Gasteiger partial charge in [0, 0.05) is 10.6 Å². The molecule has 1 amide bonds. The van der Waals surface area contributed by atoms with E-state index in [-0.39, 0.29) is 5.91 Å². The highest BCUT2D eigenvalue weighted by molar-refractivity contribution is 6.30. The van der Waals surface area contributed by atoms with Crippen LogP contribution in [0.15, 0.2) is 59.7 Å². The molecule has 2 heterocycles. The SMILES string of the molecule is COc1ccc(-c2cc3n(n2)CC(c2ccc(Cl)cc2)=NNC3=O)cc1. The number of benzene rings is 2. The van der Waals surface area contributed by atoms with Crippen LogP contribution in [0.4, 0.5) is 0 Å². The summed E-state index contributed by atoms with van der Waals surface area (Å²) in [6.45, 7) is 0.381. The first-order valence-electron chi connectivity index (χ1n) is 7.99. The Morgan fingerprint density at radius 2 is 1.77 bits per heavy atom. The maximum absolute atomic E-state index is 12.4. The molecule has 2 aromatic carbocycles. The van der Waals surface area contributed by atoms with Crippen LogP contribution >= 0.6 is 11.6 Å². The predicted octanol–water partition coefficient (Wildman–Crippen LogP) is 3.36. The van der Waals surface area contributed by atoms with Gasteiger partial charge in [0.2, 0.25) is 0 Å². The number of halogens is 1. The predicted molar refractivity (Wildman–Crippen MR) is 99.7 cm³/mol. The molecule has 0 radical (unpaired) electrons. The van der Waals surface area contributed by atoms with Crippen LogP contribution < -0.4 is 10.2 Å². The lowest BCUT2D eigenvalue weighted by Gasteiger charge is -2.05. The minimum atomic E-state index is -0.291. The Kier molecular flexibility index (Phi) is 4.18. The third kappa shape index (κ3) is 3.07. The third-order valence-corrected chi connectivity index (χ3v) is 4.42.